The van der Waals surface area contributed by atoms with Crippen LogP contribution in [0.5, 0.6) is 5.75 Å². The third kappa shape index (κ3) is 6.37. The van der Waals surface area contributed by atoms with Crippen LogP contribution >= 0.6 is 0 Å². The van der Waals surface area contributed by atoms with Gasteiger partial charge in [-0.15, -0.1) is 0 Å². The number of sulfonamides is 1. The number of ether oxygens (including phenoxy) is 1. The van der Waals surface area contributed by atoms with E-state index in [-0.39, 0.29) is 22.8 Å². The van der Waals surface area contributed by atoms with Gasteiger partial charge in [-0.05, 0) is 66.8 Å². The van der Waals surface area contributed by atoms with Crippen molar-refractivity contribution in [2.45, 2.75) is 40.0 Å². The van der Waals surface area contributed by atoms with E-state index in [1.807, 2.05) is 86.5 Å². The standard InChI is InChI=1S/C33H36N6O4S/c1-21-13-14-23(32(40)36-27-16-24(33(3,4)5)17-28(31(27)43-6)37-44(7,41)42)15-30(21)38-19-29(34-20-38)26-18-35-39(22(26)2)25-11-9-8-10-12-25/h8-20,37H,1-7H3,(H,36,40). The lowest BCUT2D eigenvalue weighted by molar-refractivity contribution is 0.102. The van der Waals surface area contributed by atoms with Crippen molar-refractivity contribution in [3.05, 3.63) is 102 Å². The zero-order chi connectivity index (χ0) is 31.8. The van der Waals surface area contributed by atoms with E-state index in [2.05, 4.69) is 20.1 Å². The zero-order valence-corrected chi connectivity index (χ0v) is 26.7. The predicted octanol–water partition coefficient (Wildman–Crippen LogP) is 6.27. The van der Waals surface area contributed by atoms with Crippen LogP contribution in [0.15, 0.2) is 79.4 Å². The van der Waals surface area contributed by atoms with E-state index in [4.69, 9.17) is 4.74 Å². The second-order valence-electron chi connectivity index (χ2n) is 11.7. The fourth-order valence-electron chi connectivity index (χ4n) is 4.96. The summed E-state index contributed by atoms with van der Waals surface area (Å²) in [5, 5.41) is 7.50. The fraction of sp³-hybridized carbons (Fsp3) is 0.242. The number of nitrogens with zero attached hydrogens (tertiary/aromatic N) is 4. The molecule has 0 aliphatic carbocycles. The third-order valence-corrected chi connectivity index (χ3v) is 7.91. The molecule has 3 aromatic carbocycles. The van der Waals surface area contributed by atoms with Gasteiger partial charge in [0.15, 0.2) is 5.75 Å². The maximum absolute atomic E-state index is 13.6. The average molecular weight is 613 g/mol. The molecule has 0 spiro atoms. The lowest BCUT2D eigenvalue weighted by Gasteiger charge is -2.24. The number of benzene rings is 3. The van der Waals surface area contributed by atoms with Crippen LogP contribution < -0.4 is 14.8 Å². The summed E-state index contributed by atoms with van der Waals surface area (Å²) in [4.78, 5) is 18.2. The molecule has 0 aliphatic rings. The highest BCUT2D eigenvalue weighted by Crippen LogP contribution is 2.39. The molecule has 5 rings (SSSR count). The summed E-state index contributed by atoms with van der Waals surface area (Å²) in [7, 11) is -2.17. The van der Waals surface area contributed by atoms with E-state index in [0.717, 1.165) is 45.7 Å². The Labute approximate surface area is 257 Å². The molecule has 0 radical (unpaired) electrons. The Bertz CT molecular complexity index is 1950. The van der Waals surface area contributed by atoms with Crippen LogP contribution in [-0.2, 0) is 15.4 Å². The molecule has 0 saturated heterocycles. The van der Waals surface area contributed by atoms with Gasteiger partial charge in [0.05, 0.1) is 60.0 Å². The van der Waals surface area contributed by atoms with E-state index in [0.29, 0.717) is 11.3 Å². The van der Waals surface area contributed by atoms with Crippen LogP contribution in [-0.4, -0.2) is 47.0 Å². The Balaban J connectivity index is 1.47. The van der Waals surface area contributed by atoms with Gasteiger partial charge in [0.1, 0.15) is 0 Å². The molecule has 10 nitrogen and oxygen atoms in total. The van der Waals surface area contributed by atoms with Gasteiger partial charge < -0.3 is 14.6 Å². The number of carbonyl (C=O) groups is 1. The first-order chi connectivity index (χ1) is 20.7. The number of imidazole rings is 1. The van der Waals surface area contributed by atoms with Gasteiger partial charge in [-0.3, -0.25) is 9.52 Å². The van der Waals surface area contributed by atoms with Crippen molar-refractivity contribution in [3.63, 3.8) is 0 Å². The van der Waals surface area contributed by atoms with Crippen molar-refractivity contribution in [1.29, 1.82) is 0 Å². The Morgan fingerprint density at radius 1 is 0.977 bits per heavy atom. The molecule has 2 aromatic heterocycles. The van der Waals surface area contributed by atoms with E-state index >= 15 is 0 Å². The van der Waals surface area contributed by atoms with Crippen molar-refractivity contribution >= 4 is 27.3 Å². The number of rotatable bonds is 8. The number of para-hydroxylation sites is 1. The molecular weight excluding hydrogens is 576 g/mol. The summed E-state index contributed by atoms with van der Waals surface area (Å²) in [6.45, 7) is 9.98. The fourth-order valence-corrected chi connectivity index (χ4v) is 5.51. The number of hydrogen-bond donors (Lipinski definition) is 2. The first kappa shape index (κ1) is 30.6. The summed E-state index contributed by atoms with van der Waals surface area (Å²) in [5.41, 5.74) is 6.84. The molecular formula is C33H36N6O4S. The Kier molecular flexibility index (Phi) is 8.09. The minimum atomic E-state index is -3.60. The Hall–Kier alpha value is -4.90. The number of amides is 1. The van der Waals surface area contributed by atoms with Gasteiger partial charge in [0, 0.05) is 17.3 Å². The average Bonchev–Trinajstić information content (AvgIpc) is 3.59. The molecule has 0 atom stereocenters. The van der Waals surface area contributed by atoms with Gasteiger partial charge in [-0.25, -0.2) is 18.1 Å². The topological polar surface area (TPSA) is 120 Å². The normalized spacial score (nSPS) is 11.8. The number of anilines is 2. The number of aryl methyl sites for hydroxylation is 1. The molecule has 1 amide bonds. The van der Waals surface area contributed by atoms with Crippen LogP contribution in [0.25, 0.3) is 22.6 Å². The summed E-state index contributed by atoms with van der Waals surface area (Å²) in [5.74, 6) is -0.156. The van der Waals surface area contributed by atoms with Crippen LogP contribution in [0.2, 0.25) is 0 Å². The van der Waals surface area contributed by atoms with Crippen LogP contribution in [0.4, 0.5) is 11.4 Å². The highest BCUT2D eigenvalue weighted by Gasteiger charge is 2.23. The third-order valence-electron chi connectivity index (χ3n) is 7.32. The maximum Gasteiger partial charge on any atom is 0.255 e. The molecule has 0 aliphatic heterocycles. The van der Waals surface area contributed by atoms with Gasteiger partial charge >= 0.3 is 0 Å². The molecule has 228 valence electrons. The number of carbonyl (C=O) groups excluding carboxylic acids is 1. The largest absolute Gasteiger partial charge is 0.492 e. The summed E-state index contributed by atoms with van der Waals surface area (Å²) < 4.78 is 36.0. The highest BCUT2D eigenvalue weighted by atomic mass is 32.2. The SMILES string of the molecule is COc1c(NC(=O)c2ccc(C)c(-n3cnc(-c4cnn(-c5ccccc5)c4C)c3)c2)cc(C(C)(C)C)cc1NS(C)(=O)=O. The second kappa shape index (κ2) is 11.6. The van der Waals surface area contributed by atoms with Crippen LogP contribution in [0, 0.1) is 13.8 Å². The quantitative estimate of drug-likeness (QED) is 0.213. The Morgan fingerprint density at radius 3 is 2.34 bits per heavy atom. The van der Waals surface area contributed by atoms with Crippen molar-refractivity contribution in [3.8, 4) is 28.4 Å². The summed E-state index contributed by atoms with van der Waals surface area (Å²) >= 11 is 0. The van der Waals surface area contributed by atoms with Gasteiger partial charge in [0.2, 0.25) is 10.0 Å². The van der Waals surface area contributed by atoms with E-state index in [1.54, 1.807) is 36.8 Å². The smallest absolute Gasteiger partial charge is 0.255 e. The molecule has 11 heteroatoms. The van der Waals surface area contributed by atoms with Gasteiger partial charge in [0.25, 0.3) is 5.91 Å². The zero-order valence-electron chi connectivity index (χ0n) is 25.8. The number of hydrogen-bond acceptors (Lipinski definition) is 6. The predicted molar refractivity (Wildman–Crippen MR) is 174 cm³/mol. The van der Waals surface area contributed by atoms with Crippen molar-refractivity contribution in [2.24, 2.45) is 0 Å². The minimum Gasteiger partial charge on any atom is -0.492 e. The molecule has 0 unspecified atom stereocenters. The first-order valence-electron chi connectivity index (χ1n) is 14.0. The number of nitrogens with one attached hydrogen (secondary N) is 2. The van der Waals surface area contributed by atoms with E-state index < -0.39 is 10.0 Å². The Morgan fingerprint density at radius 2 is 1.68 bits per heavy atom. The minimum absolute atomic E-state index is 0.217. The van der Waals surface area contributed by atoms with E-state index in [1.165, 1.54) is 7.11 Å². The molecule has 2 heterocycles. The molecule has 0 saturated carbocycles. The number of methoxy groups -OCH3 is 1. The summed E-state index contributed by atoms with van der Waals surface area (Å²) in [6.07, 6.45) is 6.51. The number of aromatic nitrogens is 4. The van der Waals surface area contributed by atoms with Gasteiger partial charge in [-0.1, -0.05) is 45.0 Å². The monoisotopic (exact) mass is 612 g/mol. The summed E-state index contributed by atoms with van der Waals surface area (Å²) in [6, 6.07) is 18.9. The highest BCUT2D eigenvalue weighted by molar-refractivity contribution is 7.92. The lowest BCUT2D eigenvalue weighted by Crippen LogP contribution is -2.18. The van der Waals surface area contributed by atoms with Crippen molar-refractivity contribution in [1.82, 2.24) is 19.3 Å². The molecule has 0 fully saturated rings. The van der Waals surface area contributed by atoms with E-state index in [9.17, 15) is 13.2 Å². The van der Waals surface area contributed by atoms with Crippen molar-refractivity contribution in [2.75, 3.05) is 23.4 Å². The van der Waals surface area contributed by atoms with Crippen LogP contribution in [0.1, 0.15) is 48.0 Å². The molecule has 5 aromatic rings. The van der Waals surface area contributed by atoms with Gasteiger partial charge in [-0.2, -0.15) is 5.10 Å². The lowest BCUT2D eigenvalue weighted by atomic mass is 9.86. The molecule has 2 N–H and O–H groups in total. The van der Waals surface area contributed by atoms with Crippen LogP contribution in [0.3, 0.4) is 0 Å². The maximum atomic E-state index is 13.6. The van der Waals surface area contributed by atoms with Crippen molar-refractivity contribution < 1.29 is 17.9 Å². The molecule has 0 bridgehead atoms. The first-order valence-corrected chi connectivity index (χ1v) is 15.9. The second-order valence-corrected chi connectivity index (χ2v) is 13.5. The molecule has 44 heavy (non-hydrogen) atoms.